The number of piperazine rings is 1. The first-order valence-electron chi connectivity index (χ1n) is 5.84. The Kier molecular flexibility index (Phi) is 3.17. The van der Waals surface area contributed by atoms with Gasteiger partial charge in [0.15, 0.2) is 0 Å². The lowest BCUT2D eigenvalue weighted by molar-refractivity contribution is 0.0446. The SMILES string of the molecule is CC(C)(O)[C@H]1CNCCN1c1ccccc1. The van der Waals surface area contributed by atoms with Gasteiger partial charge in [0.1, 0.15) is 0 Å². The van der Waals surface area contributed by atoms with Gasteiger partial charge in [-0.15, -0.1) is 0 Å². The Bertz CT molecular complexity index is 332. The molecule has 0 saturated carbocycles. The molecule has 1 saturated heterocycles. The van der Waals surface area contributed by atoms with E-state index in [1.807, 2.05) is 32.0 Å². The van der Waals surface area contributed by atoms with Crippen LogP contribution in [0.1, 0.15) is 13.8 Å². The van der Waals surface area contributed by atoms with Crippen molar-refractivity contribution in [3.63, 3.8) is 0 Å². The minimum Gasteiger partial charge on any atom is -0.388 e. The van der Waals surface area contributed by atoms with Crippen LogP contribution in [0.2, 0.25) is 0 Å². The van der Waals surface area contributed by atoms with E-state index in [1.54, 1.807) is 0 Å². The fourth-order valence-electron chi connectivity index (χ4n) is 2.26. The van der Waals surface area contributed by atoms with Gasteiger partial charge in [0.25, 0.3) is 0 Å². The van der Waals surface area contributed by atoms with Crippen LogP contribution in [0.25, 0.3) is 0 Å². The summed E-state index contributed by atoms with van der Waals surface area (Å²) in [5.41, 5.74) is 0.500. The highest BCUT2D eigenvalue weighted by atomic mass is 16.3. The third-order valence-electron chi connectivity index (χ3n) is 3.15. The van der Waals surface area contributed by atoms with Crippen molar-refractivity contribution in [3.05, 3.63) is 30.3 Å². The molecule has 1 heterocycles. The third-order valence-corrected chi connectivity index (χ3v) is 3.15. The van der Waals surface area contributed by atoms with Crippen LogP contribution < -0.4 is 10.2 Å². The summed E-state index contributed by atoms with van der Waals surface area (Å²) in [6, 6.07) is 10.4. The summed E-state index contributed by atoms with van der Waals surface area (Å²) in [5, 5.41) is 13.5. The Morgan fingerprint density at radius 2 is 2.00 bits per heavy atom. The van der Waals surface area contributed by atoms with Crippen LogP contribution in [0.4, 0.5) is 5.69 Å². The number of anilines is 1. The van der Waals surface area contributed by atoms with E-state index >= 15 is 0 Å². The van der Waals surface area contributed by atoms with E-state index in [1.165, 1.54) is 5.69 Å². The number of hydrogen-bond donors (Lipinski definition) is 2. The van der Waals surface area contributed by atoms with Crippen LogP contribution >= 0.6 is 0 Å². The van der Waals surface area contributed by atoms with E-state index in [-0.39, 0.29) is 6.04 Å². The number of hydrogen-bond acceptors (Lipinski definition) is 3. The van der Waals surface area contributed by atoms with Crippen molar-refractivity contribution in [2.45, 2.75) is 25.5 Å². The smallest absolute Gasteiger partial charge is 0.0806 e. The fraction of sp³-hybridized carbons (Fsp3) is 0.538. The largest absolute Gasteiger partial charge is 0.388 e. The molecule has 1 aliphatic heterocycles. The molecule has 0 radical (unpaired) electrons. The molecule has 1 fully saturated rings. The van der Waals surface area contributed by atoms with Crippen molar-refractivity contribution in [1.29, 1.82) is 0 Å². The van der Waals surface area contributed by atoms with Crippen LogP contribution in [0.5, 0.6) is 0 Å². The van der Waals surface area contributed by atoms with Crippen molar-refractivity contribution in [2.75, 3.05) is 24.5 Å². The molecule has 16 heavy (non-hydrogen) atoms. The predicted octanol–water partition coefficient (Wildman–Crippen LogP) is 1.24. The van der Waals surface area contributed by atoms with Crippen LogP contribution in [-0.4, -0.2) is 36.4 Å². The van der Waals surface area contributed by atoms with Crippen LogP contribution in [0.15, 0.2) is 30.3 Å². The van der Waals surface area contributed by atoms with Gasteiger partial charge in [0.2, 0.25) is 0 Å². The highest BCUT2D eigenvalue weighted by Gasteiger charge is 2.34. The molecule has 0 aliphatic carbocycles. The lowest BCUT2D eigenvalue weighted by Crippen LogP contribution is -2.60. The Hall–Kier alpha value is -1.06. The van der Waals surface area contributed by atoms with Gasteiger partial charge in [0, 0.05) is 25.3 Å². The number of benzene rings is 1. The summed E-state index contributed by atoms with van der Waals surface area (Å²) in [5.74, 6) is 0. The Morgan fingerprint density at radius 1 is 1.31 bits per heavy atom. The van der Waals surface area contributed by atoms with Crippen molar-refractivity contribution in [1.82, 2.24) is 5.32 Å². The van der Waals surface area contributed by atoms with Gasteiger partial charge in [-0.05, 0) is 26.0 Å². The van der Waals surface area contributed by atoms with E-state index in [9.17, 15) is 5.11 Å². The van der Waals surface area contributed by atoms with Gasteiger partial charge in [0.05, 0.1) is 11.6 Å². The molecule has 1 aliphatic rings. The summed E-state index contributed by atoms with van der Waals surface area (Å²) in [6.45, 7) is 6.50. The molecular formula is C13H20N2O. The van der Waals surface area contributed by atoms with E-state index in [2.05, 4.69) is 22.3 Å². The molecule has 2 N–H and O–H groups in total. The topological polar surface area (TPSA) is 35.5 Å². The zero-order valence-electron chi connectivity index (χ0n) is 9.98. The average Bonchev–Trinajstić information content (AvgIpc) is 2.29. The third kappa shape index (κ3) is 2.36. The van der Waals surface area contributed by atoms with Crippen LogP contribution in [0, 0.1) is 0 Å². The molecular weight excluding hydrogens is 200 g/mol. The summed E-state index contributed by atoms with van der Waals surface area (Å²) in [4.78, 5) is 2.29. The zero-order valence-corrected chi connectivity index (χ0v) is 9.98. The highest BCUT2D eigenvalue weighted by molar-refractivity contribution is 5.48. The van der Waals surface area contributed by atoms with Gasteiger partial charge >= 0.3 is 0 Å². The standard InChI is InChI=1S/C13H20N2O/c1-13(2,16)12-10-14-8-9-15(12)11-6-4-3-5-7-11/h3-7,12,14,16H,8-10H2,1-2H3/t12-/m1/s1. The molecule has 0 bridgehead atoms. The van der Waals surface area contributed by atoms with Gasteiger partial charge in [-0.2, -0.15) is 0 Å². The second-order valence-electron chi connectivity index (χ2n) is 4.90. The minimum atomic E-state index is -0.691. The molecule has 88 valence electrons. The monoisotopic (exact) mass is 220 g/mol. The molecule has 3 nitrogen and oxygen atoms in total. The Balaban J connectivity index is 2.24. The van der Waals surface area contributed by atoms with Gasteiger partial charge in [-0.3, -0.25) is 0 Å². The van der Waals surface area contributed by atoms with Gasteiger partial charge in [-0.1, -0.05) is 18.2 Å². The lowest BCUT2D eigenvalue weighted by Gasteiger charge is -2.44. The van der Waals surface area contributed by atoms with Crippen LogP contribution in [-0.2, 0) is 0 Å². The normalized spacial score (nSPS) is 22.2. The quantitative estimate of drug-likeness (QED) is 0.787. The molecule has 3 heteroatoms. The number of nitrogens with one attached hydrogen (secondary N) is 1. The lowest BCUT2D eigenvalue weighted by atomic mass is 9.95. The summed E-state index contributed by atoms with van der Waals surface area (Å²) in [6.07, 6.45) is 0. The first-order valence-corrected chi connectivity index (χ1v) is 5.84. The van der Waals surface area contributed by atoms with Crippen LogP contribution in [0.3, 0.4) is 0 Å². The first-order chi connectivity index (χ1) is 7.59. The summed E-state index contributed by atoms with van der Waals surface area (Å²) < 4.78 is 0. The highest BCUT2D eigenvalue weighted by Crippen LogP contribution is 2.24. The average molecular weight is 220 g/mol. The molecule has 0 unspecified atom stereocenters. The van der Waals surface area contributed by atoms with E-state index in [0.717, 1.165) is 19.6 Å². The van der Waals surface area contributed by atoms with Crippen molar-refractivity contribution in [2.24, 2.45) is 0 Å². The minimum absolute atomic E-state index is 0.128. The molecule has 0 aromatic heterocycles. The molecule has 1 atom stereocenters. The maximum Gasteiger partial charge on any atom is 0.0806 e. The predicted molar refractivity (Wildman–Crippen MR) is 66.7 cm³/mol. The fourth-order valence-corrected chi connectivity index (χ4v) is 2.26. The molecule has 0 amide bonds. The van der Waals surface area contributed by atoms with Gasteiger partial charge in [-0.25, -0.2) is 0 Å². The first kappa shape index (κ1) is 11.4. The van der Waals surface area contributed by atoms with Crippen molar-refractivity contribution in [3.8, 4) is 0 Å². The molecule has 2 rings (SSSR count). The van der Waals surface area contributed by atoms with E-state index in [0.29, 0.717) is 0 Å². The van der Waals surface area contributed by atoms with E-state index in [4.69, 9.17) is 0 Å². The zero-order chi connectivity index (χ0) is 11.6. The van der Waals surface area contributed by atoms with Crippen molar-refractivity contribution < 1.29 is 5.11 Å². The number of nitrogens with zero attached hydrogens (tertiary/aromatic N) is 1. The Labute approximate surface area is 97.1 Å². The number of aliphatic hydroxyl groups is 1. The molecule has 0 spiro atoms. The molecule has 1 aromatic carbocycles. The summed E-state index contributed by atoms with van der Waals surface area (Å²) in [7, 11) is 0. The Morgan fingerprint density at radius 3 is 2.62 bits per heavy atom. The summed E-state index contributed by atoms with van der Waals surface area (Å²) >= 11 is 0. The molecule has 1 aromatic rings. The maximum absolute atomic E-state index is 10.2. The van der Waals surface area contributed by atoms with Gasteiger partial charge < -0.3 is 15.3 Å². The van der Waals surface area contributed by atoms with Crippen molar-refractivity contribution >= 4 is 5.69 Å². The number of para-hydroxylation sites is 1. The number of rotatable bonds is 2. The second kappa shape index (κ2) is 4.44. The maximum atomic E-state index is 10.2. The second-order valence-corrected chi connectivity index (χ2v) is 4.90. The van der Waals surface area contributed by atoms with E-state index < -0.39 is 5.60 Å².